The van der Waals surface area contributed by atoms with E-state index in [-0.39, 0.29) is 5.41 Å². The van der Waals surface area contributed by atoms with E-state index in [1.54, 1.807) is 11.1 Å². The average Bonchev–Trinajstić information content (AvgIpc) is 2.50. The molecule has 1 aromatic carbocycles. The zero-order valence-corrected chi connectivity index (χ0v) is 15.6. The molecule has 0 saturated carbocycles. The zero-order valence-electron chi connectivity index (χ0n) is 15.6. The van der Waals surface area contributed by atoms with Gasteiger partial charge in [-0.05, 0) is 66.7 Å². The van der Waals surface area contributed by atoms with Crippen molar-refractivity contribution in [2.75, 3.05) is 0 Å². The van der Waals surface area contributed by atoms with Crippen LogP contribution in [0.5, 0.6) is 0 Å². The van der Waals surface area contributed by atoms with Crippen LogP contribution in [0.3, 0.4) is 0 Å². The molecule has 0 bridgehead atoms. The minimum Gasteiger partial charge on any atom is -0.0819 e. The summed E-state index contributed by atoms with van der Waals surface area (Å²) in [4.78, 5) is 0. The van der Waals surface area contributed by atoms with E-state index in [0.717, 1.165) is 6.42 Å². The highest BCUT2D eigenvalue weighted by Crippen LogP contribution is 2.36. The van der Waals surface area contributed by atoms with E-state index in [1.807, 2.05) is 0 Å². The van der Waals surface area contributed by atoms with Crippen LogP contribution in [-0.2, 0) is 12.8 Å². The van der Waals surface area contributed by atoms with Crippen LogP contribution in [0.15, 0.2) is 48.1 Å². The fourth-order valence-corrected chi connectivity index (χ4v) is 3.37. The van der Waals surface area contributed by atoms with E-state index in [1.165, 1.54) is 42.4 Å². The molecule has 1 aliphatic carbocycles. The SMILES string of the molecule is CC/C=C(C)/C=C/C=C(/c1ccc2c(c1)CCCC2)C(C)(C)C. The van der Waals surface area contributed by atoms with Crippen LogP contribution in [0.25, 0.3) is 5.57 Å². The van der Waals surface area contributed by atoms with E-state index < -0.39 is 0 Å². The minimum atomic E-state index is 0.148. The third kappa shape index (κ3) is 4.96. The van der Waals surface area contributed by atoms with Crippen LogP contribution < -0.4 is 0 Å². The minimum absolute atomic E-state index is 0.148. The first-order valence-corrected chi connectivity index (χ1v) is 9.09. The molecule has 0 heterocycles. The van der Waals surface area contributed by atoms with Crippen LogP contribution in [0, 0.1) is 5.41 Å². The summed E-state index contributed by atoms with van der Waals surface area (Å²) in [5.41, 5.74) is 7.42. The van der Waals surface area contributed by atoms with Crippen LogP contribution in [0.1, 0.15) is 70.6 Å². The first kappa shape index (κ1) is 17.8. The highest BCUT2D eigenvalue weighted by atomic mass is 14.2. The van der Waals surface area contributed by atoms with Crippen molar-refractivity contribution in [2.24, 2.45) is 5.41 Å². The second kappa shape index (κ2) is 7.81. The van der Waals surface area contributed by atoms with E-state index in [0.29, 0.717) is 0 Å². The van der Waals surface area contributed by atoms with E-state index in [9.17, 15) is 0 Å². The van der Waals surface area contributed by atoms with Gasteiger partial charge in [-0.15, -0.1) is 0 Å². The summed E-state index contributed by atoms with van der Waals surface area (Å²) in [6, 6.07) is 7.12. The average molecular weight is 309 g/mol. The largest absolute Gasteiger partial charge is 0.0819 e. The fraction of sp³-hybridized carbons (Fsp3) is 0.478. The second-order valence-corrected chi connectivity index (χ2v) is 7.74. The third-order valence-electron chi connectivity index (χ3n) is 4.62. The van der Waals surface area contributed by atoms with Gasteiger partial charge in [0.2, 0.25) is 0 Å². The quantitative estimate of drug-likeness (QED) is 0.530. The maximum absolute atomic E-state index is 2.44. The molecule has 0 aliphatic heterocycles. The van der Waals surface area contributed by atoms with Crippen molar-refractivity contribution in [3.8, 4) is 0 Å². The van der Waals surface area contributed by atoms with Crippen LogP contribution in [0.4, 0.5) is 0 Å². The van der Waals surface area contributed by atoms with Gasteiger partial charge in [0.05, 0.1) is 0 Å². The molecule has 0 nitrogen and oxygen atoms in total. The molecule has 0 atom stereocenters. The molecular weight excluding hydrogens is 276 g/mol. The van der Waals surface area contributed by atoms with Gasteiger partial charge in [-0.3, -0.25) is 0 Å². The molecule has 0 radical (unpaired) electrons. The van der Waals surface area contributed by atoms with Gasteiger partial charge < -0.3 is 0 Å². The van der Waals surface area contributed by atoms with Crippen molar-refractivity contribution in [1.82, 2.24) is 0 Å². The van der Waals surface area contributed by atoms with Gasteiger partial charge in [0, 0.05) is 0 Å². The van der Waals surface area contributed by atoms with Crippen molar-refractivity contribution in [2.45, 2.75) is 66.7 Å². The lowest BCUT2D eigenvalue weighted by Gasteiger charge is -2.25. The predicted octanol–water partition coefficient (Wildman–Crippen LogP) is 6.91. The summed E-state index contributed by atoms with van der Waals surface area (Å²) >= 11 is 0. The maximum Gasteiger partial charge on any atom is -0.0126 e. The summed E-state index contributed by atoms with van der Waals surface area (Å²) in [6.07, 6.45) is 15.3. The van der Waals surface area contributed by atoms with Crippen LogP contribution in [0.2, 0.25) is 0 Å². The van der Waals surface area contributed by atoms with Gasteiger partial charge >= 0.3 is 0 Å². The topological polar surface area (TPSA) is 0 Å². The molecule has 0 amide bonds. The number of hydrogen-bond donors (Lipinski definition) is 0. The molecule has 0 saturated heterocycles. The van der Waals surface area contributed by atoms with Gasteiger partial charge in [0.15, 0.2) is 0 Å². The summed E-state index contributed by atoms with van der Waals surface area (Å²) in [7, 11) is 0. The van der Waals surface area contributed by atoms with Gasteiger partial charge in [-0.2, -0.15) is 0 Å². The Morgan fingerprint density at radius 2 is 1.78 bits per heavy atom. The van der Waals surface area contributed by atoms with Gasteiger partial charge in [-0.1, -0.05) is 75.8 Å². The summed E-state index contributed by atoms with van der Waals surface area (Å²) in [5, 5.41) is 0. The first-order chi connectivity index (χ1) is 10.9. The van der Waals surface area contributed by atoms with Crippen LogP contribution in [-0.4, -0.2) is 0 Å². The van der Waals surface area contributed by atoms with Crippen molar-refractivity contribution in [3.05, 3.63) is 64.8 Å². The first-order valence-electron chi connectivity index (χ1n) is 9.09. The molecule has 0 heteroatoms. The normalized spacial score (nSPS) is 16.7. The second-order valence-electron chi connectivity index (χ2n) is 7.74. The molecule has 124 valence electrons. The Morgan fingerprint density at radius 3 is 2.43 bits per heavy atom. The van der Waals surface area contributed by atoms with E-state index in [4.69, 9.17) is 0 Å². The number of fused-ring (bicyclic) bond motifs is 1. The fourth-order valence-electron chi connectivity index (χ4n) is 3.37. The van der Waals surface area contributed by atoms with E-state index >= 15 is 0 Å². The van der Waals surface area contributed by atoms with Crippen molar-refractivity contribution in [3.63, 3.8) is 0 Å². The Bertz CT molecular complexity index is 618. The maximum atomic E-state index is 2.44. The number of rotatable bonds is 4. The lowest BCUT2D eigenvalue weighted by Crippen LogP contribution is -2.10. The molecule has 1 aromatic rings. The third-order valence-corrected chi connectivity index (χ3v) is 4.62. The van der Waals surface area contributed by atoms with Crippen molar-refractivity contribution < 1.29 is 0 Å². The molecule has 0 unspecified atom stereocenters. The molecular formula is C23H32. The van der Waals surface area contributed by atoms with E-state index in [2.05, 4.69) is 77.1 Å². The van der Waals surface area contributed by atoms with Gasteiger partial charge in [0.1, 0.15) is 0 Å². The predicted molar refractivity (Wildman–Crippen MR) is 104 cm³/mol. The summed E-state index contributed by atoms with van der Waals surface area (Å²) < 4.78 is 0. The Labute approximate surface area is 143 Å². The van der Waals surface area contributed by atoms with Gasteiger partial charge in [-0.25, -0.2) is 0 Å². The van der Waals surface area contributed by atoms with Crippen molar-refractivity contribution in [1.29, 1.82) is 0 Å². The Morgan fingerprint density at radius 1 is 1.09 bits per heavy atom. The van der Waals surface area contributed by atoms with Gasteiger partial charge in [0.25, 0.3) is 0 Å². The number of aryl methyl sites for hydroxylation is 2. The molecule has 0 N–H and O–H groups in total. The number of hydrogen-bond acceptors (Lipinski definition) is 0. The monoisotopic (exact) mass is 308 g/mol. The Kier molecular flexibility index (Phi) is 6.04. The summed E-state index contributed by atoms with van der Waals surface area (Å²) in [6.45, 7) is 11.3. The zero-order chi connectivity index (χ0) is 16.9. The van der Waals surface area contributed by atoms with Crippen LogP contribution >= 0.6 is 0 Å². The lowest BCUT2D eigenvalue weighted by atomic mass is 9.80. The molecule has 0 aromatic heterocycles. The van der Waals surface area contributed by atoms with Crippen molar-refractivity contribution >= 4 is 5.57 Å². The Balaban J connectivity index is 2.34. The Hall–Kier alpha value is -1.56. The molecule has 23 heavy (non-hydrogen) atoms. The standard InChI is InChI=1S/C23H32/c1-6-10-18(2)11-9-14-22(23(3,4)5)21-16-15-19-12-7-8-13-20(19)17-21/h9-11,14-17H,6-8,12-13H2,1-5H3/b11-9+,18-10+,22-14-. The number of allylic oxidation sites excluding steroid dienone is 6. The molecule has 0 fully saturated rings. The highest BCUT2D eigenvalue weighted by Gasteiger charge is 2.19. The molecule has 0 spiro atoms. The molecule has 2 rings (SSSR count). The molecule has 1 aliphatic rings. The highest BCUT2D eigenvalue weighted by molar-refractivity contribution is 5.71. The lowest BCUT2D eigenvalue weighted by molar-refractivity contribution is 0.566. The smallest absolute Gasteiger partial charge is 0.0126 e. The number of benzene rings is 1. The summed E-state index contributed by atoms with van der Waals surface area (Å²) in [5.74, 6) is 0.